The lowest BCUT2D eigenvalue weighted by molar-refractivity contribution is 0.632. The molecule has 15 heavy (non-hydrogen) atoms. The van der Waals surface area contributed by atoms with Crippen molar-refractivity contribution in [2.24, 2.45) is 0 Å². The van der Waals surface area contributed by atoms with Crippen molar-refractivity contribution >= 4 is 18.3 Å². The Morgan fingerprint density at radius 2 is 1.87 bits per heavy atom. The summed E-state index contributed by atoms with van der Waals surface area (Å²) in [5.41, 5.74) is 7.83. The Balaban J connectivity index is 2.28. The Morgan fingerprint density at radius 3 is 2.53 bits per heavy atom. The van der Waals surface area contributed by atoms with E-state index in [1.165, 1.54) is 37.7 Å². The monoisotopic (exact) mass is 223 g/mol. The van der Waals surface area contributed by atoms with Gasteiger partial charge in [0.25, 0.3) is 0 Å². The van der Waals surface area contributed by atoms with Crippen molar-refractivity contribution in [1.82, 2.24) is 0 Å². The molecule has 2 heteroatoms. The topological polar surface area (TPSA) is 26.0 Å². The van der Waals surface area contributed by atoms with Gasteiger partial charge in [0.15, 0.2) is 0 Å². The van der Waals surface area contributed by atoms with Crippen molar-refractivity contribution in [3.8, 4) is 0 Å². The van der Waals surface area contributed by atoms with E-state index < -0.39 is 0 Å². The fourth-order valence-corrected chi connectivity index (χ4v) is 1.92. The van der Waals surface area contributed by atoms with Crippen LogP contribution < -0.4 is 5.73 Å². The van der Waals surface area contributed by atoms with Gasteiger partial charge in [0.05, 0.1) is 0 Å². The zero-order valence-corrected chi connectivity index (χ0v) is 10.4. The summed E-state index contributed by atoms with van der Waals surface area (Å²) in [7, 11) is 0. The summed E-state index contributed by atoms with van der Waals surface area (Å²) in [6.07, 6.45) is 7.79. The molecule has 0 radical (unpaired) electrons. The van der Waals surface area contributed by atoms with Crippen LogP contribution in [0.15, 0.2) is 23.1 Å². The maximum absolute atomic E-state index is 5.71. The molecule has 0 aliphatic heterocycles. The van der Waals surface area contributed by atoms with Crippen LogP contribution in [0.2, 0.25) is 0 Å². The molecule has 1 aromatic rings. The van der Waals surface area contributed by atoms with Gasteiger partial charge in [0, 0.05) is 10.6 Å². The Morgan fingerprint density at radius 1 is 1.13 bits per heavy atom. The summed E-state index contributed by atoms with van der Waals surface area (Å²) in [4.78, 5) is 0.904. The first kappa shape index (κ1) is 12.4. The highest BCUT2D eigenvalue weighted by Gasteiger charge is 1.97. The van der Waals surface area contributed by atoms with Crippen LogP contribution in [-0.4, -0.2) is 0 Å². The lowest BCUT2D eigenvalue weighted by Crippen LogP contribution is -1.90. The second-order valence-electron chi connectivity index (χ2n) is 4.06. The summed E-state index contributed by atoms with van der Waals surface area (Å²) < 4.78 is 0. The largest absolute Gasteiger partial charge is 0.398 e. The fourth-order valence-electron chi connectivity index (χ4n) is 1.68. The van der Waals surface area contributed by atoms with Gasteiger partial charge in [0.2, 0.25) is 0 Å². The van der Waals surface area contributed by atoms with E-state index in [4.69, 9.17) is 5.73 Å². The molecule has 1 aromatic carbocycles. The molecule has 0 aliphatic carbocycles. The van der Waals surface area contributed by atoms with Gasteiger partial charge in [-0.15, -0.1) is 12.6 Å². The van der Waals surface area contributed by atoms with Crippen LogP contribution in [0.25, 0.3) is 0 Å². The van der Waals surface area contributed by atoms with Gasteiger partial charge in [-0.1, -0.05) is 38.7 Å². The van der Waals surface area contributed by atoms with Crippen LogP contribution in [0.3, 0.4) is 0 Å². The van der Waals surface area contributed by atoms with E-state index in [0.717, 1.165) is 17.0 Å². The Bertz CT molecular complexity index is 297. The molecule has 0 heterocycles. The third-order valence-electron chi connectivity index (χ3n) is 2.66. The van der Waals surface area contributed by atoms with Crippen LogP contribution in [0, 0.1) is 0 Å². The first-order chi connectivity index (χ1) is 7.24. The number of rotatable bonds is 6. The van der Waals surface area contributed by atoms with Crippen LogP contribution >= 0.6 is 12.6 Å². The van der Waals surface area contributed by atoms with Gasteiger partial charge < -0.3 is 5.73 Å². The highest BCUT2D eigenvalue weighted by atomic mass is 32.1. The van der Waals surface area contributed by atoms with Crippen molar-refractivity contribution in [2.75, 3.05) is 5.73 Å². The maximum atomic E-state index is 5.71. The zero-order valence-electron chi connectivity index (χ0n) is 9.50. The molecule has 0 aromatic heterocycles. The van der Waals surface area contributed by atoms with Gasteiger partial charge in [-0.2, -0.15) is 0 Å². The number of nitrogen functional groups attached to an aromatic ring is 1. The molecule has 1 rings (SSSR count). The number of aryl methyl sites for hydroxylation is 1. The van der Waals surface area contributed by atoms with E-state index in [2.05, 4.69) is 31.7 Å². The van der Waals surface area contributed by atoms with Crippen molar-refractivity contribution in [2.45, 2.75) is 50.3 Å². The summed E-state index contributed by atoms with van der Waals surface area (Å²) in [6.45, 7) is 2.24. The van der Waals surface area contributed by atoms with Crippen LogP contribution in [0.4, 0.5) is 5.69 Å². The van der Waals surface area contributed by atoms with E-state index in [0.29, 0.717) is 0 Å². The molecule has 1 nitrogen and oxygen atoms in total. The molecule has 0 bridgehead atoms. The first-order valence-electron chi connectivity index (χ1n) is 5.81. The summed E-state index contributed by atoms with van der Waals surface area (Å²) in [5.74, 6) is 0. The van der Waals surface area contributed by atoms with Gasteiger partial charge in [-0.3, -0.25) is 0 Å². The SMILES string of the molecule is CCCCCCCc1ccc(N)c(S)c1. The molecule has 0 amide bonds. The Labute approximate surface area is 98.5 Å². The molecule has 0 unspecified atom stereocenters. The number of unbranched alkanes of at least 4 members (excludes halogenated alkanes) is 4. The van der Waals surface area contributed by atoms with Crippen molar-refractivity contribution in [3.05, 3.63) is 23.8 Å². The molecule has 0 fully saturated rings. The van der Waals surface area contributed by atoms with Crippen molar-refractivity contribution < 1.29 is 0 Å². The van der Waals surface area contributed by atoms with E-state index in [9.17, 15) is 0 Å². The standard InChI is InChI=1S/C13H21NS/c1-2-3-4-5-6-7-11-8-9-12(14)13(15)10-11/h8-10,15H,2-7,14H2,1H3. The van der Waals surface area contributed by atoms with Gasteiger partial charge in [0.1, 0.15) is 0 Å². The quantitative estimate of drug-likeness (QED) is 0.424. The average Bonchev–Trinajstić information content (AvgIpc) is 2.23. The highest BCUT2D eigenvalue weighted by molar-refractivity contribution is 7.80. The number of hydrogen-bond donors (Lipinski definition) is 2. The molecule has 2 N–H and O–H groups in total. The minimum absolute atomic E-state index is 0.771. The minimum atomic E-state index is 0.771. The predicted molar refractivity (Wildman–Crippen MR) is 70.6 cm³/mol. The van der Waals surface area contributed by atoms with Gasteiger partial charge in [-0.05, 0) is 30.5 Å². The third-order valence-corrected chi connectivity index (χ3v) is 3.05. The molecule has 0 spiro atoms. The fraction of sp³-hybridized carbons (Fsp3) is 0.538. The zero-order chi connectivity index (χ0) is 11.1. The second-order valence-corrected chi connectivity index (χ2v) is 4.54. The van der Waals surface area contributed by atoms with Gasteiger partial charge in [-0.25, -0.2) is 0 Å². The Kier molecular flexibility index (Phi) is 5.62. The van der Waals surface area contributed by atoms with Crippen LogP contribution in [0.1, 0.15) is 44.6 Å². The van der Waals surface area contributed by atoms with E-state index in [1.807, 2.05) is 6.07 Å². The summed E-state index contributed by atoms with van der Waals surface area (Å²) in [6, 6.07) is 6.14. The maximum Gasteiger partial charge on any atom is 0.0449 e. The third kappa shape index (κ3) is 4.61. The normalized spacial score (nSPS) is 10.5. The van der Waals surface area contributed by atoms with Crippen LogP contribution in [0.5, 0.6) is 0 Å². The summed E-state index contributed by atoms with van der Waals surface area (Å²) >= 11 is 4.32. The molecular weight excluding hydrogens is 202 g/mol. The smallest absolute Gasteiger partial charge is 0.0449 e. The molecule has 0 saturated carbocycles. The predicted octanol–water partition coefficient (Wildman–Crippen LogP) is 4.07. The molecule has 0 saturated heterocycles. The lowest BCUT2D eigenvalue weighted by atomic mass is 10.1. The minimum Gasteiger partial charge on any atom is -0.398 e. The van der Waals surface area contributed by atoms with Crippen LogP contribution in [-0.2, 0) is 6.42 Å². The van der Waals surface area contributed by atoms with Crippen molar-refractivity contribution in [3.63, 3.8) is 0 Å². The number of thiol groups is 1. The van der Waals surface area contributed by atoms with E-state index in [1.54, 1.807) is 0 Å². The highest BCUT2D eigenvalue weighted by Crippen LogP contribution is 2.19. The van der Waals surface area contributed by atoms with E-state index >= 15 is 0 Å². The molecular formula is C13H21NS. The number of hydrogen-bond acceptors (Lipinski definition) is 2. The molecule has 0 atom stereocenters. The van der Waals surface area contributed by atoms with E-state index in [-0.39, 0.29) is 0 Å². The molecule has 84 valence electrons. The first-order valence-corrected chi connectivity index (χ1v) is 6.26. The average molecular weight is 223 g/mol. The number of nitrogens with two attached hydrogens (primary N) is 1. The Hall–Kier alpha value is -0.630. The lowest BCUT2D eigenvalue weighted by Gasteiger charge is -2.04. The number of benzene rings is 1. The summed E-state index contributed by atoms with van der Waals surface area (Å²) in [5, 5.41) is 0. The van der Waals surface area contributed by atoms with Gasteiger partial charge >= 0.3 is 0 Å². The second kappa shape index (κ2) is 6.78. The number of anilines is 1. The van der Waals surface area contributed by atoms with Crippen molar-refractivity contribution in [1.29, 1.82) is 0 Å². The molecule has 0 aliphatic rings.